The highest BCUT2D eigenvalue weighted by atomic mass is 32.2. The maximum atomic E-state index is 12.1. The van der Waals surface area contributed by atoms with Crippen molar-refractivity contribution in [1.82, 2.24) is 19.8 Å². The number of carbonyl (C=O) groups is 2. The predicted molar refractivity (Wildman–Crippen MR) is 175 cm³/mol. The smallest absolute Gasteiger partial charge is 0.248 e. The van der Waals surface area contributed by atoms with Gasteiger partial charge in [0.25, 0.3) is 0 Å². The Balaban J connectivity index is 1.35. The maximum absolute atomic E-state index is 12.1. The molecule has 44 heavy (non-hydrogen) atoms. The van der Waals surface area contributed by atoms with E-state index in [2.05, 4.69) is 42.5 Å². The zero-order chi connectivity index (χ0) is 31.2. The fourth-order valence-electron chi connectivity index (χ4n) is 5.61. The van der Waals surface area contributed by atoms with Crippen molar-refractivity contribution in [3.8, 4) is 5.75 Å². The van der Waals surface area contributed by atoms with E-state index in [1.54, 1.807) is 30.0 Å². The van der Waals surface area contributed by atoms with Crippen molar-refractivity contribution >= 4 is 51.9 Å². The number of aromatic nitrogens is 2. The molecule has 2 aliphatic rings. The normalized spacial score (nSPS) is 16.8. The Morgan fingerprint density at radius 2 is 1.84 bits per heavy atom. The van der Waals surface area contributed by atoms with Crippen LogP contribution in [0.1, 0.15) is 27.1 Å². The van der Waals surface area contributed by atoms with Crippen LogP contribution in [-0.2, 0) is 11.3 Å². The molecule has 0 aliphatic carbocycles. The summed E-state index contributed by atoms with van der Waals surface area (Å²) in [7, 11) is 3.70. The fourth-order valence-corrected chi connectivity index (χ4v) is 6.26. The van der Waals surface area contributed by atoms with Crippen molar-refractivity contribution in [1.29, 1.82) is 0 Å². The van der Waals surface area contributed by atoms with Crippen LogP contribution in [0.4, 0.5) is 17.3 Å². The minimum atomic E-state index is -0.507. The molecule has 13 nitrogen and oxygen atoms in total. The van der Waals surface area contributed by atoms with Crippen molar-refractivity contribution in [3.63, 3.8) is 0 Å². The number of benzene rings is 2. The maximum Gasteiger partial charge on any atom is 0.248 e. The highest BCUT2D eigenvalue weighted by Crippen LogP contribution is 2.43. The molecule has 14 heteroatoms. The predicted octanol–water partition coefficient (Wildman–Crippen LogP) is 2.09. The second-order valence-corrected chi connectivity index (χ2v) is 11.4. The van der Waals surface area contributed by atoms with Crippen LogP contribution >= 0.6 is 11.8 Å². The van der Waals surface area contributed by atoms with E-state index in [4.69, 9.17) is 25.9 Å². The number of carbonyl (C=O) groups excluding carboxylic acids is 2. The molecule has 3 heterocycles. The number of thioether (sulfide) groups is 1. The number of rotatable bonds is 14. The molecule has 5 rings (SSSR count). The summed E-state index contributed by atoms with van der Waals surface area (Å²) in [5.41, 5.74) is 15.3. The van der Waals surface area contributed by atoms with Crippen LogP contribution in [0.3, 0.4) is 0 Å². The van der Waals surface area contributed by atoms with Gasteiger partial charge in [0.15, 0.2) is 6.29 Å². The van der Waals surface area contributed by atoms with Crippen molar-refractivity contribution in [2.45, 2.75) is 24.2 Å². The van der Waals surface area contributed by atoms with Gasteiger partial charge in [-0.1, -0.05) is 12.2 Å². The van der Waals surface area contributed by atoms with Gasteiger partial charge >= 0.3 is 0 Å². The minimum absolute atomic E-state index is 0.217. The summed E-state index contributed by atoms with van der Waals surface area (Å²) in [6, 6.07) is 7.04. The van der Waals surface area contributed by atoms with Gasteiger partial charge in [-0.2, -0.15) is 0 Å². The Labute approximate surface area is 261 Å². The van der Waals surface area contributed by atoms with E-state index in [1.807, 2.05) is 26.4 Å². The molecule has 1 atom stereocenters. The van der Waals surface area contributed by atoms with Gasteiger partial charge in [0.05, 0.1) is 36.5 Å². The number of nitrogens with two attached hydrogens (primary N) is 2. The van der Waals surface area contributed by atoms with Crippen molar-refractivity contribution in [3.05, 3.63) is 47.5 Å². The first-order chi connectivity index (χ1) is 21.3. The standard InChI is InChI=1S/C30H41N9O4S/c1-33-29-35-21-15-19(27(31)40)17-23(43-12-6-7-37-10-13-42-14-11-37)25(21)38(29)8-4-5-9-39-26-22(36-30(39)34-2)16-20(28(32)41)18-24(26)44-3/h4-5,15-18,29,33,35H,6-14H2,1-3H3,(H2,31,40)(H2,32,41)(H,34,36)/b5-4+. The first kappa shape index (κ1) is 31.4. The van der Waals surface area contributed by atoms with Crippen LogP contribution in [0, 0.1) is 0 Å². The number of allylic oxidation sites excluding steroid dienone is 1. The molecular weight excluding hydrogens is 582 g/mol. The zero-order valence-corrected chi connectivity index (χ0v) is 26.2. The van der Waals surface area contributed by atoms with E-state index in [0.29, 0.717) is 48.0 Å². The van der Waals surface area contributed by atoms with E-state index in [-0.39, 0.29) is 6.29 Å². The van der Waals surface area contributed by atoms with Crippen molar-refractivity contribution in [2.75, 3.05) is 81.9 Å². The number of fused-ring (bicyclic) bond motifs is 2. The Kier molecular flexibility index (Phi) is 10.1. The van der Waals surface area contributed by atoms with Crippen LogP contribution < -0.4 is 37.1 Å². The summed E-state index contributed by atoms with van der Waals surface area (Å²) in [6.45, 7) is 5.93. The second-order valence-electron chi connectivity index (χ2n) is 10.6. The number of hydrogen-bond donors (Lipinski definition) is 5. The number of nitrogens with one attached hydrogen (secondary N) is 3. The van der Waals surface area contributed by atoms with Gasteiger partial charge < -0.3 is 41.0 Å². The highest BCUT2D eigenvalue weighted by Gasteiger charge is 2.31. The topological polar surface area (TPSA) is 165 Å². The SMILES string of the molecule is CNc1nc2cc(C(N)=O)cc(SC)c2n1C/C=C/CN1c2c(cc(C(N)=O)cc2OCCCN2CCOCC2)NC1NC. The molecule has 7 N–H and O–H groups in total. The monoisotopic (exact) mass is 623 g/mol. The summed E-state index contributed by atoms with van der Waals surface area (Å²) in [5, 5.41) is 9.90. The molecule has 236 valence electrons. The number of primary amides is 2. The van der Waals surface area contributed by atoms with Crippen LogP contribution in [-0.4, -0.2) is 98.9 Å². The van der Waals surface area contributed by atoms with Gasteiger partial charge in [-0.3, -0.25) is 19.8 Å². The van der Waals surface area contributed by atoms with Crippen molar-refractivity contribution in [2.24, 2.45) is 11.5 Å². The number of imidazole rings is 1. The fraction of sp³-hybridized carbons (Fsp3) is 0.433. The van der Waals surface area contributed by atoms with Crippen LogP contribution in [0.5, 0.6) is 5.75 Å². The number of ether oxygens (including phenoxy) is 2. The molecule has 1 unspecified atom stereocenters. The largest absolute Gasteiger partial charge is 0.491 e. The average Bonchev–Trinajstić information content (AvgIpc) is 3.58. The summed E-state index contributed by atoms with van der Waals surface area (Å²) in [6.07, 6.45) is 6.77. The molecule has 0 saturated carbocycles. The van der Waals surface area contributed by atoms with E-state index in [1.165, 1.54) is 0 Å². The van der Waals surface area contributed by atoms with Crippen LogP contribution in [0.15, 0.2) is 41.3 Å². The molecule has 1 aromatic heterocycles. The van der Waals surface area contributed by atoms with Gasteiger partial charge in [-0.05, 0) is 44.0 Å². The Morgan fingerprint density at radius 3 is 2.52 bits per heavy atom. The number of anilines is 3. The summed E-state index contributed by atoms with van der Waals surface area (Å²) < 4.78 is 13.8. The number of hydrogen-bond acceptors (Lipinski definition) is 11. The van der Waals surface area contributed by atoms with Gasteiger partial charge in [0.2, 0.25) is 17.8 Å². The highest BCUT2D eigenvalue weighted by molar-refractivity contribution is 7.98. The second kappa shape index (κ2) is 14.2. The Morgan fingerprint density at radius 1 is 1.11 bits per heavy atom. The lowest BCUT2D eigenvalue weighted by Crippen LogP contribution is -2.45. The third-order valence-electron chi connectivity index (χ3n) is 7.80. The molecule has 0 bridgehead atoms. The lowest BCUT2D eigenvalue weighted by molar-refractivity contribution is 0.0358. The Hall–Kier alpha value is -3.98. The molecule has 2 aliphatic heterocycles. The number of amides is 2. The quantitative estimate of drug-likeness (QED) is 0.101. The molecule has 1 saturated heterocycles. The molecule has 2 aromatic carbocycles. The summed E-state index contributed by atoms with van der Waals surface area (Å²) in [4.78, 5) is 34.1. The number of morpholine rings is 1. The lowest BCUT2D eigenvalue weighted by Gasteiger charge is -2.27. The van der Waals surface area contributed by atoms with E-state index < -0.39 is 11.8 Å². The van der Waals surface area contributed by atoms with Crippen molar-refractivity contribution < 1.29 is 19.1 Å². The van der Waals surface area contributed by atoms with Gasteiger partial charge in [-0.25, -0.2) is 4.98 Å². The van der Waals surface area contributed by atoms with Gasteiger partial charge in [0, 0.05) is 55.8 Å². The molecule has 0 spiro atoms. The molecular formula is C30H41N9O4S. The van der Waals surface area contributed by atoms with Crippen LogP contribution in [0.25, 0.3) is 11.0 Å². The number of nitrogens with zero attached hydrogens (tertiary/aromatic N) is 4. The van der Waals surface area contributed by atoms with Crippen LogP contribution in [0.2, 0.25) is 0 Å². The summed E-state index contributed by atoms with van der Waals surface area (Å²) >= 11 is 1.54. The molecule has 0 radical (unpaired) electrons. The average molecular weight is 624 g/mol. The van der Waals surface area contributed by atoms with Gasteiger partial charge in [-0.15, -0.1) is 11.8 Å². The third kappa shape index (κ3) is 6.73. The van der Waals surface area contributed by atoms with E-state index >= 15 is 0 Å². The third-order valence-corrected chi connectivity index (χ3v) is 8.55. The van der Waals surface area contributed by atoms with E-state index in [9.17, 15) is 9.59 Å². The summed E-state index contributed by atoms with van der Waals surface area (Å²) in [5.74, 6) is 0.316. The molecule has 2 amide bonds. The van der Waals surface area contributed by atoms with E-state index in [0.717, 1.165) is 61.1 Å². The zero-order valence-electron chi connectivity index (χ0n) is 25.4. The first-order valence-corrected chi connectivity index (χ1v) is 15.9. The molecule has 1 fully saturated rings. The first-order valence-electron chi connectivity index (χ1n) is 14.7. The Bertz CT molecular complexity index is 1540. The van der Waals surface area contributed by atoms with Gasteiger partial charge in [0.1, 0.15) is 11.4 Å². The minimum Gasteiger partial charge on any atom is -0.491 e. The lowest BCUT2D eigenvalue weighted by atomic mass is 10.1. The molecule has 3 aromatic rings.